The standard InChI is InChI=1S/C33H49FN2O3/c1-3-5-7-8-9-10-11-13-27-23-35-31(36-24-27)28-16-20-30(21-17-28)39-25-26-14-18-29(19-15-26)33(34,32(37)38)22-12-6-4-2/h16-17,20-21,23-24,26,29H,3-15,18-19,22,25H2,1-2H3,(H,37,38)/t26-,29-,33-/m0/s1. The number of hydrogen-bond donors (Lipinski definition) is 1. The van der Waals surface area contributed by atoms with Crippen molar-refractivity contribution in [2.24, 2.45) is 11.8 Å². The van der Waals surface area contributed by atoms with Crippen LogP contribution in [-0.2, 0) is 11.2 Å². The molecule has 0 aliphatic heterocycles. The summed E-state index contributed by atoms with van der Waals surface area (Å²) in [6.07, 6.45) is 19.4. The third-order valence-corrected chi connectivity index (χ3v) is 8.37. The minimum absolute atomic E-state index is 0.125. The van der Waals surface area contributed by atoms with Gasteiger partial charge in [0, 0.05) is 23.9 Å². The Labute approximate surface area is 235 Å². The quantitative estimate of drug-likeness (QED) is 0.191. The molecule has 2 aromatic rings. The van der Waals surface area contributed by atoms with Crippen molar-refractivity contribution in [2.75, 3.05) is 6.61 Å². The first-order chi connectivity index (χ1) is 19.0. The Morgan fingerprint density at radius 1 is 0.897 bits per heavy atom. The van der Waals surface area contributed by atoms with Crippen molar-refractivity contribution in [2.45, 2.75) is 122 Å². The second kappa shape index (κ2) is 16.6. The van der Waals surface area contributed by atoms with Gasteiger partial charge in [-0.15, -0.1) is 0 Å². The molecule has 1 aliphatic carbocycles. The molecule has 3 rings (SSSR count). The molecule has 1 aliphatic rings. The van der Waals surface area contributed by atoms with Gasteiger partial charge < -0.3 is 9.84 Å². The second-order valence-electron chi connectivity index (χ2n) is 11.5. The smallest absolute Gasteiger partial charge is 0.341 e. The maximum absolute atomic E-state index is 15.4. The van der Waals surface area contributed by atoms with E-state index in [0.717, 1.165) is 49.2 Å². The van der Waals surface area contributed by atoms with Gasteiger partial charge in [-0.3, -0.25) is 0 Å². The first-order valence-electron chi connectivity index (χ1n) is 15.4. The van der Waals surface area contributed by atoms with E-state index in [1.165, 1.54) is 50.5 Å². The van der Waals surface area contributed by atoms with Gasteiger partial charge in [0.2, 0.25) is 5.67 Å². The number of carbonyl (C=O) groups is 1. The monoisotopic (exact) mass is 540 g/mol. The van der Waals surface area contributed by atoms with E-state index in [1.807, 2.05) is 43.6 Å². The van der Waals surface area contributed by atoms with Crippen LogP contribution in [0.1, 0.15) is 116 Å². The van der Waals surface area contributed by atoms with Gasteiger partial charge in [0.05, 0.1) is 6.61 Å². The van der Waals surface area contributed by atoms with Crippen molar-refractivity contribution in [3.05, 3.63) is 42.2 Å². The number of hydrogen-bond acceptors (Lipinski definition) is 4. The van der Waals surface area contributed by atoms with Crippen molar-refractivity contribution in [3.8, 4) is 17.1 Å². The van der Waals surface area contributed by atoms with Gasteiger partial charge in [-0.05, 0) is 87.1 Å². The maximum atomic E-state index is 15.4. The van der Waals surface area contributed by atoms with Crippen LogP contribution in [0.4, 0.5) is 4.39 Å². The van der Waals surface area contributed by atoms with Crippen LogP contribution in [0.15, 0.2) is 36.7 Å². The van der Waals surface area contributed by atoms with E-state index in [-0.39, 0.29) is 6.42 Å². The number of carboxylic acid groups (broad SMARTS) is 1. The van der Waals surface area contributed by atoms with Gasteiger partial charge in [-0.25, -0.2) is 19.2 Å². The lowest BCUT2D eigenvalue weighted by molar-refractivity contribution is -0.157. The van der Waals surface area contributed by atoms with Crippen molar-refractivity contribution >= 4 is 5.97 Å². The molecule has 1 atom stereocenters. The predicted molar refractivity (Wildman–Crippen MR) is 156 cm³/mol. The van der Waals surface area contributed by atoms with E-state index in [9.17, 15) is 9.90 Å². The van der Waals surface area contributed by atoms with Gasteiger partial charge in [0.15, 0.2) is 5.82 Å². The highest BCUT2D eigenvalue weighted by molar-refractivity contribution is 5.77. The van der Waals surface area contributed by atoms with Crippen LogP contribution in [0.3, 0.4) is 0 Å². The maximum Gasteiger partial charge on any atom is 0.341 e. The lowest BCUT2D eigenvalue weighted by Crippen LogP contribution is -2.43. The largest absolute Gasteiger partial charge is 0.493 e. The third kappa shape index (κ3) is 9.88. The SMILES string of the molecule is CCCCCCCCCc1cnc(-c2ccc(OC[C@H]3CC[C@H]([C@@](F)(CCCCC)C(=O)O)CC3)cc2)nc1. The van der Waals surface area contributed by atoms with E-state index in [0.29, 0.717) is 31.8 Å². The second-order valence-corrected chi connectivity index (χ2v) is 11.5. The van der Waals surface area contributed by atoms with E-state index < -0.39 is 17.6 Å². The normalized spacial score (nSPS) is 18.9. The zero-order valence-electron chi connectivity index (χ0n) is 24.2. The molecule has 1 aromatic carbocycles. The van der Waals surface area contributed by atoms with Gasteiger partial charge in [-0.2, -0.15) is 0 Å². The summed E-state index contributed by atoms with van der Waals surface area (Å²) in [5.41, 5.74) is 0.0583. The fourth-order valence-corrected chi connectivity index (χ4v) is 5.74. The van der Waals surface area contributed by atoms with Crippen LogP contribution >= 0.6 is 0 Å². The fraction of sp³-hybridized carbons (Fsp3) is 0.667. The van der Waals surface area contributed by atoms with Crippen molar-refractivity contribution in [1.82, 2.24) is 9.97 Å². The Bertz CT molecular complexity index is 958. The molecule has 1 heterocycles. The molecular weight excluding hydrogens is 491 g/mol. The van der Waals surface area contributed by atoms with Crippen molar-refractivity contribution in [1.29, 1.82) is 0 Å². The van der Waals surface area contributed by atoms with Gasteiger partial charge in [0.25, 0.3) is 0 Å². The van der Waals surface area contributed by atoms with Gasteiger partial charge in [0.1, 0.15) is 5.75 Å². The summed E-state index contributed by atoms with van der Waals surface area (Å²) in [4.78, 5) is 20.9. The van der Waals surface area contributed by atoms with Crippen LogP contribution in [0.2, 0.25) is 0 Å². The Morgan fingerprint density at radius 3 is 2.10 bits per heavy atom. The number of benzene rings is 1. The number of halogens is 1. The highest BCUT2D eigenvalue weighted by Crippen LogP contribution is 2.41. The number of aromatic nitrogens is 2. The van der Waals surface area contributed by atoms with Crippen LogP contribution in [-0.4, -0.2) is 33.3 Å². The highest BCUT2D eigenvalue weighted by Gasteiger charge is 2.47. The molecule has 0 radical (unpaired) electrons. The molecule has 1 aromatic heterocycles. The van der Waals surface area contributed by atoms with E-state index in [4.69, 9.17) is 4.74 Å². The summed E-state index contributed by atoms with van der Waals surface area (Å²) < 4.78 is 21.4. The zero-order chi connectivity index (χ0) is 27.9. The molecule has 0 spiro atoms. The van der Waals surface area contributed by atoms with E-state index in [2.05, 4.69) is 16.9 Å². The fourth-order valence-electron chi connectivity index (χ4n) is 5.74. The van der Waals surface area contributed by atoms with Crippen molar-refractivity contribution in [3.63, 3.8) is 0 Å². The summed E-state index contributed by atoms with van der Waals surface area (Å²) >= 11 is 0. The molecule has 0 bridgehead atoms. The van der Waals surface area contributed by atoms with Crippen molar-refractivity contribution < 1.29 is 19.0 Å². The number of ether oxygens (including phenoxy) is 1. The number of nitrogens with zero attached hydrogens (tertiary/aromatic N) is 2. The molecule has 0 amide bonds. The number of aliphatic carboxylic acids is 1. The molecule has 0 unspecified atom stereocenters. The number of aryl methyl sites for hydroxylation is 1. The minimum atomic E-state index is -2.09. The Kier molecular flexibility index (Phi) is 13.2. The molecule has 0 saturated heterocycles. The van der Waals surface area contributed by atoms with Crippen LogP contribution in [0.25, 0.3) is 11.4 Å². The number of unbranched alkanes of at least 4 members (excludes halogenated alkanes) is 8. The summed E-state index contributed by atoms with van der Waals surface area (Å²) in [6, 6.07) is 7.86. The molecule has 1 fully saturated rings. The zero-order valence-corrected chi connectivity index (χ0v) is 24.2. The first kappa shape index (κ1) is 31.0. The molecule has 216 valence electrons. The van der Waals surface area contributed by atoms with Crippen LogP contribution < -0.4 is 4.74 Å². The minimum Gasteiger partial charge on any atom is -0.493 e. The lowest BCUT2D eigenvalue weighted by atomic mass is 9.72. The third-order valence-electron chi connectivity index (χ3n) is 8.37. The number of alkyl halides is 1. The predicted octanol–water partition coefficient (Wildman–Crippen LogP) is 9.00. The number of rotatable bonds is 18. The summed E-state index contributed by atoms with van der Waals surface area (Å²) in [5, 5.41) is 9.59. The Morgan fingerprint density at radius 2 is 1.49 bits per heavy atom. The van der Waals surface area contributed by atoms with Gasteiger partial charge >= 0.3 is 5.97 Å². The highest BCUT2D eigenvalue weighted by atomic mass is 19.1. The van der Waals surface area contributed by atoms with Gasteiger partial charge in [-0.1, -0.05) is 65.2 Å². The van der Waals surface area contributed by atoms with Crippen LogP contribution in [0, 0.1) is 11.8 Å². The van der Waals surface area contributed by atoms with E-state index in [1.54, 1.807) is 0 Å². The molecule has 1 saturated carbocycles. The molecule has 6 heteroatoms. The Hall–Kier alpha value is -2.50. The summed E-state index contributed by atoms with van der Waals surface area (Å²) in [5.74, 6) is 0.146. The molecule has 5 nitrogen and oxygen atoms in total. The lowest BCUT2D eigenvalue weighted by Gasteiger charge is -2.36. The van der Waals surface area contributed by atoms with E-state index >= 15 is 4.39 Å². The topological polar surface area (TPSA) is 72.3 Å². The Balaban J connectivity index is 1.39. The number of carboxylic acids is 1. The molecule has 1 N–H and O–H groups in total. The molecular formula is C33H49FN2O3. The summed E-state index contributed by atoms with van der Waals surface area (Å²) in [7, 11) is 0. The van der Waals surface area contributed by atoms with Crippen LogP contribution in [0.5, 0.6) is 5.75 Å². The first-order valence-corrected chi connectivity index (χ1v) is 15.4. The average molecular weight is 541 g/mol. The average Bonchev–Trinajstić information content (AvgIpc) is 2.96. The summed E-state index contributed by atoms with van der Waals surface area (Å²) in [6.45, 7) is 4.86. The molecule has 39 heavy (non-hydrogen) atoms.